The van der Waals surface area contributed by atoms with Gasteiger partial charge in [0.2, 0.25) is 0 Å². The van der Waals surface area contributed by atoms with Gasteiger partial charge in [-0.1, -0.05) is 18.2 Å². The summed E-state index contributed by atoms with van der Waals surface area (Å²) in [5, 5.41) is 4.68. The molecule has 2 aliphatic rings. The molecule has 3 rings (SSSR count). The number of rotatable bonds is 3. The normalized spacial score (nSPS) is 28.6. The molecule has 3 unspecified atom stereocenters. The van der Waals surface area contributed by atoms with E-state index in [4.69, 9.17) is 4.99 Å². The minimum atomic E-state index is 0.392. The molecule has 0 bridgehead atoms. The number of nitrogens with one attached hydrogen (secondary N) is 1. The summed E-state index contributed by atoms with van der Waals surface area (Å²) in [5.74, 6) is 2.08. The highest BCUT2D eigenvalue weighted by atomic mass is 32.2. The van der Waals surface area contributed by atoms with Crippen molar-refractivity contribution in [2.24, 2.45) is 10.9 Å². The van der Waals surface area contributed by atoms with Crippen LogP contribution in [0.5, 0.6) is 0 Å². The standard InChI is InChI=1S/C13H20N4S/c1-10(7-17-6-5-14-9-17)15-13-16-12-4-2-3-11(12)8-18-13/h5-6,9-12H,2-4,7-8H2,1H3,(H,15,16). The van der Waals surface area contributed by atoms with E-state index in [2.05, 4.69) is 21.8 Å². The van der Waals surface area contributed by atoms with E-state index in [1.165, 1.54) is 25.0 Å². The van der Waals surface area contributed by atoms with E-state index in [-0.39, 0.29) is 0 Å². The van der Waals surface area contributed by atoms with Gasteiger partial charge in [-0.2, -0.15) is 0 Å². The summed E-state index contributed by atoms with van der Waals surface area (Å²) in [7, 11) is 0. The van der Waals surface area contributed by atoms with Crippen LogP contribution in [0.1, 0.15) is 26.2 Å². The molecule has 1 aromatic rings. The summed E-state index contributed by atoms with van der Waals surface area (Å²) in [5.41, 5.74) is 0. The van der Waals surface area contributed by atoms with Crippen LogP contribution in [0.2, 0.25) is 0 Å². The van der Waals surface area contributed by atoms with E-state index in [1.807, 2.05) is 30.5 Å². The Hall–Kier alpha value is -0.970. The van der Waals surface area contributed by atoms with E-state index in [0.717, 1.165) is 17.6 Å². The Labute approximate surface area is 112 Å². The lowest BCUT2D eigenvalue weighted by Crippen LogP contribution is -2.37. The van der Waals surface area contributed by atoms with Gasteiger partial charge >= 0.3 is 0 Å². The molecule has 1 N–H and O–H groups in total. The molecule has 0 amide bonds. The van der Waals surface area contributed by atoms with Crippen molar-refractivity contribution in [2.75, 3.05) is 5.75 Å². The predicted molar refractivity (Wildman–Crippen MR) is 75.8 cm³/mol. The number of hydrogen-bond donors (Lipinski definition) is 1. The second kappa shape index (κ2) is 5.34. The van der Waals surface area contributed by atoms with Gasteiger partial charge in [0, 0.05) is 30.7 Å². The van der Waals surface area contributed by atoms with Gasteiger partial charge in [-0.05, 0) is 25.7 Å². The molecule has 18 heavy (non-hydrogen) atoms. The smallest absolute Gasteiger partial charge is 0.157 e. The van der Waals surface area contributed by atoms with Crippen molar-refractivity contribution in [2.45, 2.75) is 44.8 Å². The molecule has 4 nitrogen and oxygen atoms in total. The fourth-order valence-corrected chi connectivity index (χ4v) is 4.06. The number of fused-ring (bicyclic) bond motifs is 1. The molecular formula is C13H20N4S. The van der Waals surface area contributed by atoms with Crippen molar-refractivity contribution >= 4 is 16.9 Å². The average Bonchev–Trinajstić information content (AvgIpc) is 2.98. The minimum absolute atomic E-state index is 0.392. The van der Waals surface area contributed by atoms with E-state index >= 15 is 0 Å². The molecule has 1 saturated carbocycles. The average molecular weight is 264 g/mol. The summed E-state index contributed by atoms with van der Waals surface area (Å²) in [6, 6.07) is 0.984. The van der Waals surface area contributed by atoms with Gasteiger partial charge in [-0.15, -0.1) is 0 Å². The highest BCUT2D eigenvalue weighted by Crippen LogP contribution is 2.35. The summed E-state index contributed by atoms with van der Waals surface area (Å²) < 4.78 is 2.10. The van der Waals surface area contributed by atoms with Crippen molar-refractivity contribution in [1.29, 1.82) is 0 Å². The molecule has 1 fully saturated rings. The maximum atomic E-state index is 4.86. The zero-order valence-electron chi connectivity index (χ0n) is 10.7. The Morgan fingerprint density at radius 2 is 2.50 bits per heavy atom. The van der Waals surface area contributed by atoms with Crippen LogP contribution < -0.4 is 5.32 Å². The van der Waals surface area contributed by atoms with Crippen LogP contribution in [0.15, 0.2) is 23.7 Å². The number of amidine groups is 1. The third-order valence-corrected chi connectivity index (χ3v) is 4.84. The van der Waals surface area contributed by atoms with Crippen LogP contribution in [-0.4, -0.2) is 32.6 Å². The quantitative estimate of drug-likeness (QED) is 0.909. The van der Waals surface area contributed by atoms with Crippen molar-refractivity contribution in [3.63, 3.8) is 0 Å². The van der Waals surface area contributed by atoms with Gasteiger partial charge in [-0.25, -0.2) is 4.98 Å². The first-order chi connectivity index (χ1) is 8.81. The van der Waals surface area contributed by atoms with E-state index in [0.29, 0.717) is 12.1 Å². The number of aromatic nitrogens is 2. The Kier molecular flexibility index (Phi) is 3.59. The molecule has 0 radical (unpaired) electrons. The fourth-order valence-electron chi connectivity index (χ4n) is 2.80. The van der Waals surface area contributed by atoms with Crippen molar-refractivity contribution < 1.29 is 0 Å². The maximum absolute atomic E-state index is 4.86. The first kappa shape index (κ1) is 12.1. The first-order valence-electron chi connectivity index (χ1n) is 6.74. The number of hydrogen-bond acceptors (Lipinski definition) is 4. The molecule has 0 saturated heterocycles. The lowest BCUT2D eigenvalue weighted by atomic mass is 10.1. The SMILES string of the molecule is CC(Cn1ccnc1)NC1=NC2CCCC2CS1. The summed E-state index contributed by atoms with van der Waals surface area (Å²) in [6.45, 7) is 3.14. The summed E-state index contributed by atoms with van der Waals surface area (Å²) in [4.78, 5) is 8.92. The second-order valence-electron chi connectivity index (χ2n) is 5.31. The zero-order chi connectivity index (χ0) is 12.4. The second-order valence-corrected chi connectivity index (χ2v) is 6.32. The highest BCUT2D eigenvalue weighted by molar-refractivity contribution is 8.13. The van der Waals surface area contributed by atoms with Gasteiger partial charge in [-0.3, -0.25) is 4.99 Å². The predicted octanol–water partition coefficient (Wildman–Crippen LogP) is 2.13. The molecule has 0 spiro atoms. The molecule has 98 valence electrons. The van der Waals surface area contributed by atoms with Gasteiger partial charge < -0.3 is 9.88 Å². The third-order valence-electron chi connectivity index (χ3n) is 3.75. The van der Waals surface area contributed by atoms with Crippen LogP contribution in [0.3, 0.4) is 0 Å². The van der Waals surface area contributed by atoms with Crippen LogP contribution >= 0.6 is 11.8 Å². The fraction of sp³-hybridized carbons (Fsp3) is 0.692. The lowest BCUT2D eigenvalue weighted by Gasteiger charge is -2.25. The Morgan fingerprint density at radius 1 is 1.56 bits per heavy atom. The minimum Gasteiger partial charge on any atom is -0.361 e. The Bertz CT molecular complexity index is 415. The molecule has 1 aliphatic carbocycles. The van der Waals surface area contributed by atoms with Crippen molar-refractivity contribution in [3.8, 4) is 0 Å². The van der Waals surface area contributed by atoms with E-state index in [9.17, 15) is 0 Å². The Balaban J connectivity index is 1.56. The first-order valence-corrected chi connectivity index (χ1v) is 7.72. The monoisotopic (exact) mass is 264 g/mol. The van der Waals surface area contributed by atoms with Gasteiger partial charge in [0.25, 0.3) is 0 Å². The van der Waals surface area contributed by atoms with E-state index in [1.54, 1.807) is 0 Å². The molecule has 5 heteroatoms. The van der Waals surface area contributed by atoms with E-state index < -0.39 is 0 Å². The van der Waals surface area contributed by atoms with Crippen molar-refractivity contribution in [1.82, 2.24) is 14.9 Å². The highest BCUT2D eigenvalue weighted by Gasteiger charge is 2.31. The molecule has 1 aliphatic heterocycles. The zero-order valence-corrected chi connectivity index (χ0v) is 11.6. The van der Waals surface area contributed by atoms with Gasteiger partial charge in [0.05, 0.1) is 12.4 Å². The van der Waals surface area contributed by atoms with Crippen LogP contribution in [0.25, 0.3) is 0 Å². The maximum Gasteiger partial charge on any atom is 0.157 e. The van der Waals surface area contributed by atoms with Crippen LogP contribution in [-0.2, 0) is 6.54 Å². The van der Waals surface area contributed by atoms with Crippen molar-refractivity contribution in [3.05, 3.63) is 18.7 Å². The van der Waals surface area contributed by atoms with Gasteiger partial charge in [0.1, 0.15) is 0 Å². The third kappa shape index (κ3) is 2.71. The molecule has 1 aromatic heterocycles. The molecule has 3 atom stereocenters. The topological polar surface area (TPSA) is 42.2 Å². The molecule has 2 heterocycles. The largest absolute Gasteiger partial charge is 0.361 e. The number of aliphatic imine (C=N–C) groups is 1. The number of thioether (sulfide) groups is 1. The summed E-state index contributed by atoms with van der Waals surface area (Å²) >= 11 is 1.89. The van der Waals surface area contributed by atoms with Crippen LogP contribution in [0, 0.1) is 5.92 Å². The molecule has 0 aromatic carbocycles. The molecular weight excluding hydrogens is 244 g/mol. The van der Waals surface area contributed by atoms with Gasteiger partial charge in [0.15, 0.2) is 5.17 Å². The van der Waals surface area contributed by atoms with Crippen LogP contribution in [0.4, 0.5) is 0 Å². The summed E-state index contributed by atoms with van der Waals surface area (Å²) in [6.07, 6.45) is 9.70. The number of imidazole rings is 1. The Morgan fingerprint density at radius 3 is 3.33 bits per heavy atom. The number of nitrogens with zero attached hydrogens (tertiary/aromatic N) is 3. The lowest BCUT2D eigenvalue weighted by molar-refractivity contribution is 0.519.